The van der Waals surface area contributed by atoms with Crippen LogP contribution >= 0.6 is 0 Å². The zero-order valence-electron chi connectivity index (χ0n) is 8.12. The minimum Gasteiger partial charge on any atom is -0.388 e. The summed E-state index contributed by atoms with van der Waals surface area (Å²) in [6.45, 7) is 4.35. The van der Waals surface area contributed by atoms with E-state index >= 15 is 0 Å². The van der Waals surface area contributed by atoms with Gasteiger partial charge >= 0.3 is 0 Å². The van der Waals surface area contributed by atoms with E-state index in [1.165, 1.54) is 0 Å². The fourth-order valence-electron chi connectivity index (χ4n) is 2.06. The largest absolute Gasteiger partial charge is 0.388 e. The molecule has 70 valence electrons. The SMILES string of the molecule is CC1(C)Cc2ncccc2[C@H](O)C1. The molecule has 0 spiro atoms. The fourth-order valence-corrected chi connectivity index (χ4v) is 2.06. The molecule has 0 bridgehead atoms. The summed E-state index contributed by atoms with van der Waals surface area (Å²) < 4.78 is 0. The predicted octanol–water partition coefficient (Wildman–Crippen LogP) is 2.09. The average molecular weight is 177 g/mol. The summed E-state index contributed by atoms with van der Waals surface area (Å²) in [4.78, 5) is 4.31. The van der Waals surface area contributed by atoms with E-state index in [9.17, 15) is 5.11 Å². The van der Waals surface area contributed by atoms with Crippen LogP contribution in [0.2, 0.25) is 0 Å². The Hall–Kier alpha value is -0.890. The van der Waals surface area contributed by atoms with Gasteiger partial charge in [0.05, 0.1) is 6.10 Å². The molecule has 2 nitrogen and oxygen atoms in total. The van der Waals surface area contributed by atoms with Crippen LogP contribution in [-0.2, 0) is 6.42 Å². The van der Waals surface area contributed by atoms with Gasteiger partial charge in [0.15, 0.2) is 0 Å². The molecule has 0 radical (unpaired) electrons. The van der Waals surface area contributed by atoms with Gasteiger partial charge in [-0.25, -0.2) is 0 Å². The highest BCUT2D eigenvalue weighted by Gasteiger charge is 2.31. The molecule has 13 heavy (non-hydrogen) atoms. The standard InChI is InChI=1S/C11H15NO/c1-11(2)6-9-8(10(13)7-11)4-3-5-12-9/h3-5,10,13H,6-7H2,1-2H3/t10-/m1/s1. The van der Waals surface area contributed by atoms with Crippen LogP contribution in [0, 0.1) is 5.41 Å². The maximum Gasteiger partial charge on any atom is 0.0812 e. The third kappa shape index (κ3) is 1.59. The molecule has 1 heterocycles. The number of hydrogen-bond acceptors (Lipinski definition) is 2. The minimum absolute atomic E-state index is 0.181. The molecular weight excluding hydrogens is 162 g/mol. The van der Waals surface area contributed by atoms with Gasteiger partial charge in [-0.1, -0.05) is 19.9 Å². The van der Waals surface area contributed by atoms with Crippen LogP contribution in [0.3, 0.4) is 0 Å². The van der Waals surface area contributed by atoms with Crippen LogP contribution in [0.1, 0.15) is 37.6 Å². The molecule has 0 unspecified atom stereocenters. The number of aliphatic hydroxyl groups is 1. The second-order valence-corrected chi connectivity index (χ2v) is 4.60. The van der Waals surface area contributed by atoms with Crippen molar-refractivity contribution < 1.29 is 5.11 Å². The quantitative estimate of drug-likeness (QED) is 0.658. The molecule has 1 aliphatic rings. The number of pyridine rings is 1. The summed E-state index contributed by atoms with van der Waals surface area (Å²) in [5.41, 5.74) is 2.26. The Bertz CT molecular complexity index is 320. The van der Waals surface area contributed by atoms with E-state index in [1.807, 2.05) is 12.1 Å². The Kier molecular flexibility index (Phi) is 1.88. The zero-order chi connectivity index (χ0) is 9.47. The third-order valence-electron chi connectivity index (χ3n) is 2.68. The molecule has 0 fully saturated rings. The van der Waals surface area contributed by atoms with Crippen LogP contribution in [0.25, 0.3) is 0 Å². The Labute approximate surface area is 78.6 Å². The Morgan fingerprint density at radius 1 is 1.54 bits per heavy atom. The lowest BCUT2D eigenvalue weighted by molar-refractivity contribution is 0.0982. The number of hydrogen-bond donors (Lipinski definition) is 1. The monoisotopic (exact) mass is 177 g/mol. The van der Waals surface area contributed by atoms with Crippen molar-refractivity contribution in [1.29, 1.82) is 0 Å². The van der Waals surface area contributed by atoms with E-state index in [4.69, 9.17) is 0 Å². The molecule has 2 heteroatoms. The van der Waals surface area contributed by atoms with Crippen molar-refractivity contribution >= 4 is 0 Å². The first-order chi connectivity index (χ1) is 6.08. The van der Waals surface area contributed by atoms with Crippen molar-refractivity contribution in [2.75, 3.05) is 0 Å². The second-order valence-electron chi connectivity index (χ2n) is 4.60. The molecule has 0 aliphatic heterocycles. The molecule has 0 aromatic carbocycles. The van der Waals surface area contributed by atoms with Gasteiger partial charge in [-0.15, -0.1) is 0 Å². The van der Waals surface area contributed by atoms with Gasteiger partial charge in [0, 0.05) is 17.5 Å². The van der Waals surface area contributed by atoms with Gasteiger partial charge < -0.3 is 5.11 Å². The summed E-state index contributed by atoms with van der Waals surface area (Å²) in [6, 6.07) is 3.86. The van der Waals surface area contributed by atoms with Crippen LogP contribution in [0.4, 0.5) is 0 Å². The van der Waals surface area contributed by atoms with Crippen molar-refractivity contribution in [3.8, 4) is 0 Å². The highest BCUT2D eigenvalue weighted by molar-refractivity contribution is 5.26. The van der Waals surface area contributed by atoms with Gasteiger partial charge in [0.25, 0.3) is 0 Å². The van der Waals surface area contributed by atoms with Crippen molar-refractivity contribution in [1.82, 2.24) is 4.98 Å². The van der Waals surface area contributed by atoms with Crippen molar-refractivity contribution in [2.45, 2.75) is 32.8 Å². The molecule has 1 N–H and O–H groups in total. The third-order valence-corrected chi connectivity index (χ3v) is 2.68. The molecule has 2 rings (SSSR count). The topological polar surface area (TPSA) is 33.1 Å². The van der Waals surface area contributed by atoms with Crippen LogP contribution in [-0.4, -0.2) is 10.1 Å². The maximum atomic E-state index is 9.86. The second kappa shape index (κ2) is 2.81. The Morgan fingerprint density at radius 3 is 3.08 bits per heavy atom. The van der Waals surface area contributed by atoms with Crippen LogP contribution in [0.15, 0.2) is 18.3 Å². The summed E-state index contributed by atoms with van der Waals surface area (Å²) in [7, 11) is 0. The molecule has 0 saturated heterocycles. The average Bonchev–Trinajstić information content (AvgIpc) is 2.02. The van der Waals surface area contributed by atoms with E-state index in [2.05, 4.69) is 18.8 Å². The highest BCUT2D eigenvalue weighted by Crippen LogP contribution is 2.39. The number of rotatable bonds is 0. The molecular formula is C11H15NO. The van der Waals surface area contributed by atoms with Crippen molar-refractivity contribution in [3.05, 3.63) is 29.6 Å². The van der Waals surface area contributed by atoms with Gasteiger partial charge in [-0.2, -0.15) is 0 Å². The Morgan fingerprint density at radius 2 is 2.31 bits per heavy atom. The summed E-state index contributed by atoms with van der Waals surface area (Å²) >= 11 is 0. The first-order valence-corrected chi connectivity index (χ1v) is 4.70. The summed E-state index contributed by atoms with van der Waals surface area (Å²) in [6.07, 6.45) is 3.28. The summed E-state index contributed by atoms with van der Waals surface area (Å²) in [5, 5.41) is 9.86. The molecule has 0 saturated carbocycles. The maximum absolute atomic E-state index is 9.86. The molecule has 1 aromatic rings. The zero-order valence-corrected chi connectivity index (χ0v) is 8.12. The minimum atomic E-state index is -0.326. The van der Waals surface area contributed by atoms with Gasteiger partial charge in [-0.05, 0) is 24.3 Å². The lowest BCUT2D eigenvalue weighted by Gasteiger charge is -2.33. The van der Waals surface area contributed by atoms with E-state index in [-0.39, 0.29) is 11.5 Å². The van der Waals surface area contributed by atoms with Crippen molar-refractivity contribution in [3.63, 3.8) is 0 Å². The molecule has 1 aliphatic carbocycles. The summed E-state index contributed by atoms with van der Waals surface area (Å²) in [5.74, 6) is 0. The van der Waals surface area contributed by atoms with Gasteiger partial charge in [0.2, 0.25) is 0 Å². The van der Waals surface area contributed by atoms with Crippen molar-refractivity contribution in [2.24, 2.45) is 5.41 Å². The van der Waals surface area contributed by atoms with E-state index in [0.29, 0.717) is 0 Å². The number of fused-ring (bicyclic) bond motifs is 1. The fraction of sp³-hybridized carbons (Fsp3) is 0.545. The van der Waals surface area contributed by atoms with E-state index < -0.39 is 0 Å². The van der Waals surface area contributed by atoms with E-state index in [0.717, 1.165) is 24.1 Å². The molecule has 0 amide bonds. The number of aliphatic hydroxyl groups excluding tert-OH is 1. The number of aromatic nitrogens is 1. The lowest BCUT2D eigenvalue weighted by Crippen LogP contribution is -2.26. The van der Waals surface area contributed by atoms with E-state index in [1.54, 1.807) is 6.20 Å². The Balaban J connectivity index is 2.43. The lowest BCUT2D eigenvalue weighted by atomic mass is 9.75. The van der Waals surface area contributed by atoms with Gasteiger partial charge in [0.1, 0.15) is 0 Å². The smallest absolute Gasteiger partial charge is 0.0812 e. The van der Waals surface area contributed by atoms with Crippen LogP contribution in [0.5, 0.6) is 0 Å². The number of nitrogens with zero attached hydrogens (tertiary/aromatic N) is 1. The molecule has 1 atom stereocenters. The first-order valence-electron chi connectivity index (χ1n) is 4.70. The normalized spacial score (nSPS) is 25.3. The first kappa shape index (κ1) is 8.70. The predicted molar refractivity (Wildman–Crippen MR) is 51.3 cm³/mol. The highest BCUT2D eigenvalue weighted by atomic mass is 16.3. The van der Waals surface area contributed by atoms with Gasteiger partial charge in [-0.3, -0.25) is 4.98 Å². The molecule has 1 aromatic heterocycles. The van der Waals surface area contributed by atoms with Crippen LogP contribution < -0.4 is 0 Å².